The molecule has 2 aromatic rings. The maximum Gasteiger partial charge on any atom is 0.213 e. The summed E-state index contributed by atoms with van der Waals surface area (Å²) in [6, 6.07) is 9.67. The van der Waals surface area contributed by atoms with Gasteiger partial charge in [-0.15, -0.1) is 0 Å². The predicted molar refractivity (Wildman–Crippen MR) is 87.1 cm³/mol. The van der Waals surface area contributed by atoms with Crippen LogP contribution in [0.15, 0.2) is 36.5 Å². The highest BCUT2D eigenvalue weighted by molar-refractivity contribution is 6.35. The molecule has 0 aliphatic rings. The second kappa shape index (κ2) is 7.64. The first kappa shape index (κ1) is 16.1. The van der Waals surface area contributed by atoms with E-state index in [1.165, 1.54) is 0 Å². The Labute approximate surface area is 135 Å². The lowest BCUT2D eigenvalue weighted by atomic mass is 10.0. The van der Waals surface area contributed by atoms with Gasteiger partial charge < -0.3 is 10.1 Å². The molecule has 1 unspecified atom stereocenters. The SMILES string of the molecule is CCC(NCc1ccnc(OC)c1)c1ccc(Cl)cc1Cl. The molecular weight excluding hydrogens is 307 g/mol. The fourth-order valence-corrected chi connectivity index (χ4v) is 2.71. The third-order valence-electron chi connectivity index (χ3n) is 3.31. The van der Waals surface area contributed by atoms with Crippen molar-refractivity contribution in [3.63, 3.8) is 0 Å². The summed E-state index contributed by atoms with van der Waals surface area (Å²) in [6.07, 6.45) is 2.68. The number of methoxy groups -OCH3 is 1. The van der Waals surface area contributed by atoms with Crippen LogP contribution < -0.4 is 10.1 Å². The molecule has 0 bridgehead atoms. The third-order valence-corrected chi connectivity index (χ3v) is 3.87. The number of hydrogen-bond donors (Lipinski definition) is 1. The highest BCUT2D eigenvalue weighted by atomic mass is 35.5. The maximum absolute atomic E-state index is 6.28. The first-order valence-corrected chi connectivity index (χ1v) is 7.57. The van der Waals surface area contributed by atoms with E-state index < -0.39 is 0 Å². The normalized spacial score (nSPS) is 12.2. The lowest BCUT2D eigenvalue weighted by molar-refractivity contribution is 0.396. The largest absolute Gasteiger partial charge is 0.481 e. The first-order valence-electron chi connectivity index (χ1n) is 6.81. The van der Waals surface area contributed by atoms with Crippen LogP contribution in [0.1, 0.15) is 30.5 Å². The number of hydrogen-bond acceptors (Lipinski definition) is 3. The number of aromatic nitrogens is 1. The second-order valence-electron chi connectivity index (χ2n) is 4.71. The monoisotopic (exact) mass is 324 g/mol. The van der Waals surface area contributed by atoms with Gasteiger partial charge in [0.1, 0.15) is 0 Å². The van der Waals surface area contributed by atoms with Crippen LogP contribution in [0.4, 0.5) is 0 Å². The van der Waals surface area contributed by atoms with Crippen molar-refractivity contribution >= 4 is 23.2 Å². The Morgan fingerprint density at radius 1 is 1.24 bits per heavy atom. The summed E-state index contributed by atoms with van der Waals surface area (Å²) in [5.41, 5.74) is 2.18. The minimum Gasteiger partial charge on any atom is -0.481 e. The average molecular weight is 325 g/mol. The van der Waals surface area contributed by atoms with E-state index in [9.17, 15) is 0 Å². The molecule has 0 spiro atoms. The van der Waals surface area contributed by atoms with E-state index in [0.29, 0.717) is 15.9 Å². The van der Waals surface area contributed by atoms with Gasteiger partial charge in [-0.1, -0.05) is 36.2 Å². The molecule has 1 aromatic carbocycles. The molecule has 0 fully saturated rings. The summed E-state index contributed by atoms with van der Waals surface area (Å²) >= 11 is 12.2. The van der Waals surface area contributed by atoms with E-state index in [0.717, 1.165) is 24.1 Å². The summed E-state index contributed by atoms with van der Waals surface area (Å²) in [5, 5.41) is 4.84. The molecule has 1 N–H and O–H groups in total. The van der Waals surface area contributed by atoms with E-state index in [2.05, 4.69) is 17.2 Å². The Morgan fingerprint density at radius 3 is 2.71 bits per heavy atom. The fraction of sp³-hybridized carbons (Fsp3) is 0.312. The smallest absolute Gasteiger partial charge is 0.213 e. The van der Waals surface area contributed by atoms with Gasteiger partial charge in [-0.3, -0.25) is 0 Å². The van der Waals surface area contributed by atoms with E-state index in [1.807, 2.05) is 24.3 Å². The molecule has 21 heavy (non-hydrogen) atoms. The lowest BCUT2D eigenvalue weighted by Gasteiger charge is -2.19. The number of pyridine rings is 1. The van der Waals surface area contributed by atoms with Gasteiger partial charge in [0, 0.05) is 34.9 Å². The number of nitrogens with zero attached hydrogens (tertiary/aromatic N) is 1. The molecule has 0 aliphatic carbocycles. The molecule has 1 atom stereocenters. The Balaban J connectivity index is 2.08. The van der Waals surface area contributed by atoms with Crippen molar-refractivity contribution in [2.75, 3.05) is 7.11 Å². The number of benzene rings is 1. The van der Waals surface area contributed by atoms with Crippen molar-refractivity contribution in [3.8, 4) is 5.88 Å². The molecule has 0 saturated carbocycles. The Bertz CT molecular complexity index is 605. The lowest BCUT2D eigenvalue weighted by Crippen LogP contribution is -2.20. The molecule has 1 heterocycles. The molecule has 112 valence electrons. The van der Waals surface area contributed by atoms with Crippen molar-refractivity contribution in [3.05, 3.63) is 57.7 Å². The number of halogens is 2. The van der Waals surface area contributed by atoms with E-state index in [4.69, 9.17) is 27.9 Å². The van der Waals surface area contributed by atoms with Gasteiger partial charge in [0.05, 0.1) is 7.11 Å². The third kappa shape index (κ3) is 4.34. The van der Waals surface area contributed by atoms with Crippen molar-refractivity contribution in [2.24, 2.45) is 0 Å². The van der Waals surface area contributed by atoms with Crippen molar-refractivity contribution in [1.82, 2.24) is 10.3 Å². The standard InChI is InChI=1S/C16H18Cl2N2O/c1-3-15(13-5-4-12(17)9-14(13)18)20-10-11-6-7-19-16(8-11)21-2/h4-9,15,20H,3,10H2,1-2H3. The summed E-state index contributed by atoms with van der Waals surface area (Å²) in [4.78, 5) is 4.10. The molecular formula is C16H18Cl2N2O. The Kier molecular flexibility index (Phi) is 5.85. The predicted octanol–water partition coefficient (Wildman–Crippen LogP) is 4.64. The van der Waals surface area contributed by atoms with Gasteiger partial charge in [-0.05, 0) is 35.7 Å². The van der Waals surface area contributed by atoms with E-state index in [-0.39, 0.29) is 6.04 Å². The molecule has 0 saturated heterocycles. The summed E-state index contributed by atoms with van der Waals surface area (Å²) in [5.74, 6) is 0.617. The van der Waals surface area contributed by atoms with Gasteiger partial charge in [-0.2, -0.15) is 0 Å². The zero-order valence-corrected chi connectivity index (χ0v) is 13.6. The van der Waals surface area contributed by atoms with Crippen LogP contribution in [0.5, 0.6) is 5.88 Å². The van der Waals surface area contributed by atoms with Crippen molar-refractivity contribution in [2.45, 2.75) is 25.9 Å². The molecule has 5 heteroatoms. The van der Waals surface area contributed by atoms with Gasteiger partial charge in [0.2, 0.25) is 5.88 Å². The van der Waals surface area contributed by atoms with Crippen molar-refractivity contribution in [1.29, 1.82) is 0 Å². The van der Waals surface area contributed by atoms with Gasteiger partial charge in [0.25, 0.3) is 0 Å². The van der Waals surface area contributed by atoms with Crippen LogP contribution in [-0.4, -0.2) is 12.1 Å². The average Bonchev–Trinajstić information content (AvgIpc) is 2.49. The highest BCUT2D eigenvalue weighted by Gasteiger charge is 2.13. The molecule has 2 rings (SSSR count). The fourth-order valence-electron chi connectivity index (χ4n) is 2.17. The highest BCUT2D eigenvalue weighted by Crippen LogP contribution is 2.28. The maximum atomic E-state index is 6.28. The minimum absolute atomic E-state index is 0.175. The Morgan fingerprint density at radius 2 is 2.05 bits per heavy atom. The molecule has 0 amide bonds. The van der Waals surface area contributed by atoms with Crippen LogP contribution in [0.2, 0.25) is 10.0 Å². The Hall–Kier alpha value is -1.29. The van der Waals surface area contributed by atoms with Gasteiger partial charge in [0.15, 0.2) is 0 Å². The van der Waals surface area contributed by atoms with Crippen LogP contribution >= 0.6 is 23.2 Å². The zero-order chi connectivity index (χ0) is 15.2. The van der Waals surface area contributed by atoms with E-state index in [1.54, 1.807) is 19.4 Å². The number of rotatable bonds is 6. The molecule has 0 aliphatic heterocycles. The molecule has 3 nitrogen and oxygen atoms in total. The van der Waals surface area contributed by atoms with Gasteiger partial charge in [-0.25, -0.2) is 4.98 Å². The molecule has 0 radical (unpaired) electrons. The quantitative estimate of drug-likeness (QED) is 0.840. The summed E-state index contributed by atoms with van der Waals surface area (Å²) in [6.45, 7) is 2.84. The van der Waals surface area contributed by atoms with Crippen LogP contribution in [0.3, 0.4) is 0 Å². The zero-order valence-electron chi connectivity index (χ0n) is 12.1. The number of ether oxygens (including phenoxy) is 1. The summed E-state index contributed by atoms with van der Waals surface area (Å²) in [7, 11) is 1.61. The second-order valence-corrected chi connectivity index (χ2v) is 5.56. The van der Waals surface area contributed by atoms with Gasteiger partial charge >= 0.3 is 0 Å². The summed E-state index contributed by atoms with van der Waals surface area (Å²) < 4.78 is 5.13. The van der Waals surface area contributed by atoms with E-state index >= 15 is 0 Å². The van der Waals surface area contributed by atoms with Crippen LogP contribution in [-0.2, 0) is 6.54 Å². The minimum atomic E-state index is 0.175. The number of nitrogens with one attached hydrogen (secondary N) is 1. The first-order chi connectivity index (χ1) is 10.1. The van der Waals surface area contributed by atoms with Crippen LogP contribution in [0.25, 0.3) is 0 Å². The topological polar surface area (TPSA) is 34.2 Å². The molecule has 1 aromatic heterocycles. The van der Waals surface area contributed by atoms with Crippen LogP contribution in [0, 0.1) is 0 Å². The van der Waals surface area contributed by atoms with Crippen molar-refractivity contribution < 1.29 is 4.74 Å².